The molecule has 0 saturated carbocycles. The minimum absolute atomic E-state index is 0.0649. The van der Waals surface area contributed by atoms with Gasteiger partial charge in [0.25, 0.3) is 5.69 Å². The van der Waals surface area contributed by atoms with Crippen LogP contribution in [0.2, 0.25) is 0 Å². The smallest absolute Gasteiger partial charge is 0.269 e. The number of hydrogen-bond donors (Lipinski definition) is 1. The molecule has 20 heavy (non-hydrogen) atoms. The first-order valence-electron chi connectivity index (χ1n) is 6.33. The van der Waals surface area contributed by atoms with Gasteiger partial charge in [-0.15, -0.1) is 0 Å². The van der Waals surface area contributed by atoms with Gasteiger partial charge in [-0.05, 0) is 31.2 Å². The Bertz CT molecular complexity index is 565. The first-order chi connectivity index (χ1) is 9.65. The zero-order valence-corrected chi connectivity index (χ0v) is 11.2. The summed E-state index contributed by atoms with van der Waals surface area (Å²) in [6.45, 7) is 3.20. The number of non-ortho nitro benzene ring substituents is 1. The van der Waals surface area contributed by atoms with Gasteiger partial charge < -0.3 is 10.1 Å². The summed E-state index contributed by atoms with van der Waals surface area (Å²) >= 11 is 0. The van der Waals surface area contributed by atoms with Crippen molar-refractivity contribution in [3.63, 3.8) is 0 Å². The molecule has 0 heterocycles. The second-order valence-corrected chi connectivity index (χ2v) is 4.39. The van der Waals surface area contributed by atoms with Crippen LogP contribution in [-0.2, 0) is 0 Å². The Balaban J connectivity index is 1.75. The minimum Gasteiger partial charge on any atom is -0.492 e. The molecule has 2 aromatic rings. The molecule has 0 atom stereocenters. The molecule has 1 N–H and O–H groups in total. The van der Waals surface area contributed by atoms with E-state index in [1.807, 2.05) is 31.2 Å². The maximum atomic E-state index is 10.5. The lowest BCUT2D eigenvalue weighted by Crippen LogP contribution is -2.11. The summed E-state index contributed by atoms with van der Waals surface area (Å²) in [6, 6.07) is 14.2. The molecule has 0 aliphatic carbocycles. The highest BCUT2D eigenvalue weighted by Crippen LogP contribution is 2.17. The van der Waals surface area contributed by atoms with Crippen LogP contribution in [0.15, 0.2) is 48.5 Å². The van der Waals surface area contributed by atoms with E-state index in [4.69, 9.17) is 4.74 Å². The molecule has 0 saturated heterocycles. The minimum atomic E-state index is -0.428. The van der Waals surface area contributed by atoms with Crippen molar-refractivity contribution in [2.24, 2.45) is 0 Å². The third-order valence-corrected chi connectivity index (χ3v) is 2.80. The maximum Gasteiger partial charge on any atom is 0.269 e. The monoisotopic (exact) mass is 272 g/mol. The zero-order chi connectivity index (χ0) is 14.4. The van der Waals surface area contributed by atoms with E-state index >= 15 is 0 Å². The average Bonchev–Trinajstić information content (AvgIpc) is 2.46. The number of anilines is 1. The second kappa shape index (κ2) is 6.56. The molecule has 0 aromatic heterocycles. The first-order valence-corrected chi connectivity index (χ1v) is 6.33. The van der Waals surface area contributed by atoms with E-state index in [9.17, 15) is 10.1 Å². The highest BCUT2D eigenvalue weighted by Gasteiger charge is 2.03. The molecule has 0 unspecified atom stereocenters. The Morgan fingerprint density at radius 2 is 1.75 bits per heavy atom. The largest absolute Gasteiger partial charge is 0.492 e. The fourth-order valence-corrected chi connectivity index (χ4v) is 1.70. The maximum absolute atomic E-state index is 10.5. The molecule has 5 heteroatoms. The number of nitrogens with one attached hydrogen (secondary N) is 1. The van der Waals surface area contributed by atoms with Crippen molar-refractivity contribution in [2.45, 2.75) is 6.92 Å². The number of nitrogens with zero attached hydrogens (tertiary/aromatic N) is 1. The molecule has 0 bridgehead atoms. The molecule has 5 nitrogen and oxygen atoms in total. The van der Waals surface area contributed by atoms with Gasteiger partial charge in [-0.2, -0.15) is 0 Å². The molecule has 0 aliphatic heterocycles. The molecular formula is C15H16N2O3. The van der Waals surface area contributed by atoms with Crippen LogP contribution in [0.1, 0.15) is 5.56 Å². The summed E-state index contributed by atoms with van der Waals surface area (Å²) in [5, 5.41) is 13.7. The van der Waals surface area contributed by atoms with Gasteiger partial charge in [0.05, 0.1) is 4.92 Å². The van der Waals surface area contributed by atoms with Crippen molar-refractivity contribution in [3.05, 3.63) is 64.2 Å². The van der Waals surface area contributed by atoms with Crippen molar-refractivity contribution in [2.75, 3.05) is 18.5 Å². The Labute approximate surface area is 117 Å². The third kappa shape index (κ3) is 3.98. The van der Waals surface area contributed by atoms with E-state index in [2.05, 4.69) is 5.32 Å². The van der Waals surface area contributed by atoms with Crippen molar-refractivity contribution in [3.8, 4) is 5.75 Å². The summed E-state index contributed by atoms with van der Waals surface area (Å²) in [5.41, 5.74) is 2.33. The molecule has 2 aromatic carbocycles. The summed E-state index contributed by atoms with van der Waals surface area (Å²) in [6.07, 6.45) is 0. The van der Waals surface area contributed by atoms with Crippen LogP contribution in [0.25, 0.3) is 0 Å². The molecule has 0 radical (unpaired) electrons. The third-order valence-electron chi connectivity index (χ3n) is 2.80. The van der Waals surface area contributed by atoms with Crippen molar-refractivity contribution in [1.82, 2.24) is 0 Å². The standard InChI is InChI=1S/C15H16N2O3/c1-12-2-4-13(5-3-12)16-10-11-20-15-8-6-14(7-9-15)17(18)19/h2-9,16H,10-11H2,1H3. The van der Waals surface area contributed by atoms with Gasteiger partial charge in [0.2, 0.25) is 0 Å². The molecule has 0 fully saturated rings. The fourth-order valence-electron chi connectivity index (χ4n) is 1.70. The van der Waals surface area contributed by atoms with Gasteiger partial charge in [0, 0.05) is 24.4 Å². The van der Waals surface area contributed by atoms with Crippen LogP contribution >= 0.6 is 0 Å². The fraction of sp³-hybridized carbons (Fsp3) is 0.200. The molecule has 0 amide bonds. The predicted octanol–water partition coefficient (Wildman–Crippen LogP) is 3.39. The molecule has 0 aliphatic rings. The van der Waals surface area contributed by atoms with Crippen LogP contribution in [0.4, 0.5) is 11.4 Å². The summed E-state index contributed by atoms with van der Waals surface area (Å²) in [7, 11) is 0. The number of nitro groups is 1. The molecular weight excluding hydrogens is 256 g/mol. The van der Waals surface area contributed by atoms with Crippen LogP contribution < -0.4 is 10.1 Å². The van der Waals surface area contributed by atoms with Gasteiger partial charge in [-0.3, -0.25) is 10.1 Å². The Morgan fingerprint density at radius 1 is 1.10 bits per heavy atom. The van der Waals surface area contributed by atoms with Crippen molar-refractivity contribution < 1.29 is 9.66 Å². The Kier molecular flexibility index (Phi) is 4.55. The lowest BCUT2D eigenvalue weighted by molar-refractivity contribution is -0.384. The lowest BCUT2D eigenvalue weighted by Gasteiger charge is -2.08. The number of nitro benzene ring substituents is 1. The van der Waals surface area contributed by atoms with E-state index in [0.717, 1.165) is 5.69 Å². The van der Waals surface area contributed by atoms with Gasteiger partial charge in [-0.1, -0.05) is 17.7 Å². The normalized spacial score (nSPS) is 10.1. The Hall–Kier alpha value is -2.56. The lowest BCUT2D eigenvalue weighted by atomic mass is 10.2. The van der Waals surface area contributed by atoms with Gasteiger partial charge in [0.15, 0.2) is 0 Å². The van der Waals surface area contributed by atoms with E-state index in [1.54, 1.807) is 12.1 Å². The molecule has 0 spiro atoms. The number of ether oxygens (including phenoxy) is 1. The topological polar surface area (TPSA) is 64.4 Å². The van der Waals surface area contributed by atoms with Gasteiger partial charge in [0.1, 0.15) is 12.4 Å². The van der Waals surface area contributed by atoms with E-state index in [0.29, 0.717) is 18.9 Å². The number of aryl methyl sites for hydroxylation is 1. The van der Waals surface area contributed by atoms with Crippen LogP contribution in [0, 0.1) is 17.0 Å². The van der Waals surface area contributed by atoms with Gasteiger partial charge >= 0.3 is 0 Å². The summed E-state index contributed by atoms with van der Waals surface area (Å²) in [5.74, 6) is 0.626. The van der Waals surface area contributed by atoms with Gasteiger partial charge in [-0.25, -0.2) is 0 Å². The zero-order valence-electron chi connectivity index (χ0n) is 11.2. The van der Waals surface area contributed by atoms with Crippen molar-refractivity contribution in [1.29, 1.82) is 0 Å². The Morgan fingerprint density at radius 3 is 2.35 bits per heavy atom. The SMILES string of the molecule is Cc1ccc(NCCOc2ccc([N+](=O)[O-])cc2)cc1. The summed E-state index contributed by atoms with van der Waals surface area (Å²) in [4.78, 5) is 10.1. The van der Waals surface area contributed by atoms with Crippen molar-refractivity contribution >= 4 is 11.4 Å². The quantitative estimate of drug-likeness (QED) is 0.497. The predicted molar refractivity (Wildman–Crippen MR) is 78.3 cm³/mol. The number of hydrogen-bond acceptors (Lipinski definition) is 4. The summed E-state index contributed by atoms with van der Waals surface area (Å²) < 4.78 is 5.50. The average molecular weight is 272 g/mol. The first kappa shape index (κ1) is 13.9. The molecule has 2 rings (SSSR count). The van der Waals surface area contributed by atoms with E-state index < -0.39 is 4.92 Å². The number of benzene rings is 2. The van der Waals surface area contributed by atoms with E-state index in [1.165, 1.54) is 17.7 Å². The highest BCUT2D eigenvalue weighted by atomic mass is 16.6. The number of rotatable bonds is 6. The highest BCUT2D eigenvalue weighted by molar-refractivity contribution is 5.44. The van der Waals surface area contributed by atoms with E-state index in [-0.39, 0.29) is 5.69 Å². The van der Waals surface area contributed by atoms with Crippen LogP contribution in [-0.4, -0.2) is 18.1 Å². The molecule has 104 valence electrons. The second-order valence-electron chi connectivity index (χ2n) is 4.39. The van der Waals surface area contributed by atoms with Crippen LogP contribution in [0.3, 0.4) is 0 Å². The van der Waals surface area contributed by atoms with Crippen LogP contribution in [0.5, 0.6) is 5.75 Å².